The summed E-state index contributed by atoms with van der Waals surface area (Å²) in [4.78, 5) is 16.5. The van der Waals surface area contributed by atoms with Gasteiger partial charge in [0.25, 0.3) is 5.91 Å². The van der Waals surface area contributed by atoms with Crippen LogP contribution in [0.5, 0.6) is 11.5 Å². The molecule has 1 amide bonds. The molecule has 0 fully saturated rings. The number of nitrogens with zero attached hydrogens (tertiary/aromatic N) is 3. The van der Waals surface area contributed by atoms with E-state index in [-0.39, 0.29) is 26.7 Å². The van der Waals surface area contributed by atoms with E-state index in [1.54, 1.807) is 30.3 Å². The summed E-state index contributed by atoms with van der Waals surface area (Å²) in [6.07, 6.45) is 1.48. The summed E-state index contributed by atoms with van der Waals surface area (Å²) in [6, 6.07) is 12.3. The lowest BCUT2D eigenvalue weighted by atomic mass is 10.1. The number of hydrogen-bond donors (Lipinski definition) is 1. The van der Waals surface area contributed by atoms with Crippen LogP contribution in [0.1, 0.15) is 18.1 Å². The van der Waals surface area contributed by atoms with Gasteiger partial charge in [0.2, 0.25) is 19.4 Å². The Morgan fingerprint density at radius 3 is 2.59 bits per heavy atom. The fraction of sp³-hybridized carbons (Fsp3) is 0.182. The number of ether oxygens (including phenoxy) is 2. The summed E-state index contributed by atoms with van der Waals surface area (Å²) in [5.74, 6) is -0.119. The molecule has 2 aromatic carbocycles. The number of hydrogen-bond acceptors (Lipinski definition) is 8. The maximum atomic E-state index is 12.6. The molecule has 0 unspecified atom stereocenters. The molecule has 2 heterocycles. The van der Waals surface area contributed by atoms with Gasteiger partial charge >= 0.3 is 0 Å². The minimum atomic E-state index is -3.59. The van der Waals surface area contributed by atoms with Gasteiger partial charge in [-0.1, -0.05) is 36.7 Å². The van der Waals surface area contributed by atoms with E-state index in [9.17, 15) is 13.2 Å². The van der Waals surface area contributed by atoms with Gasteiger partial charge in [0.05, 0.1) is 18.4 Å². The number of amides is 1. The number of thioether (sulfide) groups is 1. The van der Waals surface area contributed by atoms with Crippen molar-refractivity contribution in [2.75, 3.05) is 12.9 Å². The molecule has 0 aromatic heterocycles. The third-order valence-electron chi connectivity index (χ3n) is 4.89. The monoisotopic (exact) mass is 518 g/mol. The average molecular weight is 519 g/mol. The zero-order valence-electron chi connectivity index (χ0n) is 18.1. The number of amidine groups is 2. The van der Waals surface area contributed by atoms with Crippen LogP contribution in [-0.2, 0) is 21.2 Å². The summed E-state index contributed by atoms with van der Waals surface area (Å²) >= 11 is 6.67. The molecule has 4 rings (SSSR count). The first-order chi connectivity index (χ1) is 16.2. The van der Waals surface area contributed by atoms with Crippen molar-refractivity contribution in [3.8, 4) is 11.5 Å². The largest absolute Gasteiger partial charge is 0.493 e. The molecule has 0 spiro atoms. The molecular weight excluding hydrogens is 500 g/mol. The molecule has 0 bridgehead atoms. The number of carbonyl (C=O) groups is 1. The molecular formula is C22H19ClN4O5S2. The number of hydrazone groups is 1. The average Bonchev–Trinajstić information content (AvgIpc) is 3.27. The van der Waals surface area contributed by atoms with Crippen molar-refractivity contribution in [2.45, 2.75) is 13.5 Å². The predicted molar refractivity (Wildman–Crippen MR) is 133 cm³/mol. The van der Waals surface area contributed by atoms with E-state index in [0.717, 1.165) is 22.3 Å². The minimum absolute atomic E-state index is 0.0277. The van der Waals surface area contributed by atoms with E-state index in [1.165, 1.54) is 20.1 Å². The predicted octanol–water partition coefficient (Wildman–Crippen LogP) is 3.94. The smallest absolute Gasteiger partial charge is 0.283 e. The van der Waals surface area contributed by atoms with Gasteiger partial charge in [-0.2, -0.15) is 10.0 Å². The number of carbonyl (C=O) groups excluding carboxylic acids is 1. The van der Waals surface area contributed by atoms with Crippen LogP contribution in [0, 0.1) is 5.41 Å². The quantitative estimate of drug-likeness (QED) is 0.575. The molecule has 176 valence electrons. The number of aliphatic imine (C=N–C) groups is 1. The van der Waals surface area contributed by atoms with Crippen molar-refractivity contribution in [1.82, 2.24) is 5.01 Å². The third kappa shape index (κ3) is 4.86. The Morgan fingerprint density at radius 1 is 1.18 bits per heavy atom. The first-order valence-electron chi connectivity index (χ1n) is 10.00. The van der Waals surface area contributed by atoms with Crippen LogP contribution >= 0.6 is 23.4 Å². The standard InChI is InChI=1S/C22H19ClN4O5S2/c1-3-34(29,30)22-26-27-19(24)16(20(28)25-21(27)33-22)10-14-6-9-17(18(11-14)31-2)32-12-13-4-7-15(23)8-5-13/h4-11,24H,3,12H2,1-2H3/b16-10+,24-19?. The van der Waals surface area contributed by atoms with Crippen molar-refractivity contribution < 1.29 is 22.7 Å². The zero-order chi connectivity index (χ0) is 24.5. The topological polar surface area (TPSA) is 121 Å². The molecule has 0 aliphatic carbocycles. The van der Waals surface area contributed by atoms with E-state index in [0.29, 0.717) is 28.7 Å². The van der Waals surface area contributed by atoms with Gasteiger partial charge in [-0.25, -0.2) is 8.42 Å². The summed E-state index contributed by atoms with van der Waals surface area (Å²) in [5.41, 5.74) is 1.47. The Hall–Kier alpha value is -3.15. The molecule has 1 N–H and O–H groups in total. The highest BCUT2D eigenvalue weighted by Gasteiger charge is 2.39. The van der Waals surface area contributed by atoms with Crippen LogP contribution in [-0.4, -0.2) is 47.6 Å². The fourth-order valence-corrected chi connectivity index (χ4v) is 5.32. The zero-order valence-corrected chi connectivity index (χ0v) is 20.5. The first-order valence-corrected chi connectivity index (χ1v) is 12.8. The van der Waals surface area contributed by atoms with Crippen LogP contribution < -0.4 is 9.47 Å². The maximum absolute atomic E-state index is 12.6. The van der Waals surface area contributed by atoms with E-state index >= 15 is 0 Å². The molecule has 2 aromatic rings. The Balaban J connectivity index is 1.57. The van der Waals surface area contributed by atoms with Crippen LogP contribution in [0.3, 0.4) is 0 Å². The van der Waals surface area contributed by atoms with Crippen molar-refractivity contribution in [2.24, 2.45) is 10.1 Å². The lowest BCUT2D eigenvalue weighted by molar-refractivity contribution is -0.114. The van der Waals surface area contributed by atoms with E-state index in [4.69, 9.17) is 26.5 Å². The van der Waals surface area contributed by atoms with Crippen molar-refractivity contribution in [3.63, 3.8) is 0 Å². The van der Waals surface area contributed by atoms with Gasteiger partial charge in [-0.3, -0.25) is 10.2 Å². The second-order valence-electron chi connectivity index (χ2n) is 7.11. The molecule has 0 saturated heterocycles. The lowest BCUT2D eigenvalue weighted by Gasteiger charge is -2.20. The maximum Gasteiger partial charge on any atom is 0.283 e. The third-order valence-corrected chi connectivity index (χ3v) is 8.23. The summed E-state index contributed by atoms with van der Waals surface area (Å²) in [5, 5.41) is 14.1. The Morgan fingerprint density at radius 2 is 1.91 bits per heavy atom. The van der Waals surface area contributed by atoms with Crippen molar-refractivity contribution >= 4 is 60.6 Å². The van der Waals surface area contributed by atoms with Crippen molar-refractivity contribution in [1.29, 1.82) is 5.41 Å². The van der Waals surface area contributed by atoms with E-state index in [1.807, 2.05) is 12.1 Å². The van der Waals surface area contributed by atoms with Gasteiger partial charge < -0.3 is 9.47 Å². The molecule has 34 heavy (non-hydrogen) atoms. The fourth-order valence-electron chi connectivity index (χ4n) is 3.03. The molecule has 0 radical (unpaired) electrons. The van der Waals surface area contributed by atoms with Gasteiger partial charge in [0, 0.05) is 5.02 Å². The lowest BCUT2D eigenvalue weighted by Crippen LogP contribution is -2.35. The number of benzene rings is 2. The number of methoxy groups -OCH3 is 1. The molecule has 2 aliphatic rings. The second-order valence-corrected chi connectivity index (χ2v) is 11.0. The Kier molecular flexibility index (Phi) is 6.78. The Bertz CT molecular complexity index is 1370. The number of halogens is 1. The molecule has 12 heteroatoms. The SMILES string of the molecule is CCS(=O)(=O)C1=NN2C(=N)/C(=C\c3ccc(OCc4ccc(Cl)cc4)c(OC)c3)C(=O)N=C2S1. The van der Waals surface area contributed by atoms with Crippen LogP contribution in [0.15, 0.2) is 58.1 Å². The minimum Gasteiger partial charge on any atom is -0.493 e. The highest BCUT2D eigenvalue weighted by atomic mass is 35.5. The van der Waals surface area contributed by atoms with Crippen molar-refractivity contribution in [3.05, 3.63) is 64.2 Å². The number of sulfone groups is 1. The van der Waals surface area contributed by atoms with Crippen LogP contribution in [0.4, 0.5) is 0 Å². The Labute approximate surface area is 205 Å². The summed E-state index contributed by atoms with van der Waals surface area (Å²) in [6.45, 7) is 1.80. The number of nitrogens with one attached hydrogen (secondary N) is 1. The normalized spacial score (nSPS) is 16.9. The highest BCUT2D eigenvalue weighted by Crippen LogP contribution is 2.33. The van der Waals surface area contributed by atoms with E-state index < -0.39 is 15.7 Å². The van der Waals surface area contributed by atoms with Gasteiger partial charge in [0.1, 0.15) is 6.61 Å². The second kappa shape index (κ2) is 9.61. The first kappa shape index (κ1) is 24.0. The molecule has 9 nitrogen and oxygen atoms in total. The van der Waals surface area contributed by atoms with Gasteiger partial charge in [-0.15, -0.1) is 5.10 Å². The molecule has 0 saturated carbocycles. The van der Waals surface area contributed by atoms with Gasteiger partial charge in [-0.05, 0) is 53.2 Å². The molecule has 2 aliphatic heterocycles. The number of rotatable bonds is 6. The van der Waals surface area contributed by atoms with Crippen LogP contribution in [0.2, 0.25) is 5.02 Å². The van der Waals surface area contributed by atoms with Crippen LogP contribution in [0.25, 0.3) is 6.08 Å². The van der Waals surface area contributed by atoms with E-state index in [2.05, 4.69) is 10.1 Å². The highest BCUT2D eigenvalue weighted by molar-refractivity contribution is 8.42. The molecule has 0 atom stereocenters. The number of fused-ring (bicyclic) bond motifs is 1. The summed E-state index contributed by atoms with van der Waals surface area (Å²) < 4.78 is 35.4. The van der Waals surface area contributed by atoms with Gasteiger partial charge in [0.15, 0.2) is 17.3 Å². The summed E-state index contributed by atoms with van der Waals surface area (Å²) in [7, 11) is -2.09.